The molecular formula is C31H50N2O4. The molecule has 1 atom stereocenters. The van der Waals surface area contributed by atoms with E-state index < -0.39 is 0 Å². The highest BCUT2D eigenvalue weighted by molar-refractivity contribution is 6.20. The highest BCUT2D eigenvalue weighted by Crippen LogP contribution is 2.24. The number of fused-ring (bicyclic) bond motifs is 1. The van der Waals surface area contributed by atoms with Crippen LogP contribution in [0.2, 0.25) is 0 Å². The van der Waals surface area contributed by atoms with E-state index in [-0.39, 0.29) is 11.8 Å². The summed E-state index contributed by atoms with van der Waals surface area (Å²) in [4.78, 5) is 41.2. The van der Waals surface area contributed by atoms with Crippen molar-refractivity contribution in [2.24, 2.45) is 5.92 Å². The van der Waals surface area contributed by atoms with Crippen LogP contribution in [0.5, 0.6) is 0 Å². The van der Waals surface area contributed by atoms with Crippen LogP contribution in [-0.2, 0) is 9.63 Å². The lowest BCUT2D eigenvalue weighted by Gasteiger charge is -2.19. The molecule has 6 nitrogen and oxygen atoms in total. The Morgan fingerprint density at radius 3 is 1.70 bits per heavy atom. The van der Waals surface area contributed by atoms with Gasteiger partial charge in [-0.25, -0.2) is 0 Å². The van der Waals surface area contributed by atoms with Crippen LogP contribution in [0.3, 0.4) is 0 Å². The number of carbonyl (C=O) groups excluding carboxylic acids is 3. The maximum atomic E-state index is 12.5. The molecule has 1 aliphatic rings. The zero-order valence-corrected chi connectivity index (χ0v) is 23.2. The van der Waals surface area contributed by atoms with Gasteiger partial charge in [-0.2, -0.15) is 0 Å². The topological polar surface area (TPSA) is 75.7 Å². The third kappa shape index (κ3) is 12.3. The fraction of sp³-hybridized carbons (Fsp3) is 0.710. The minimum absolute atomic E-state index is 0.315. The molecule has 3 amide bonds. The average molecular weight is 515 g/mol. The molecule has 0 aliphatic carbocycles. The van der Waals surface area contributed by atoms with Crippen molar-refractivity contribution in [2.45, 2.75) is 122 Å². The standard InChI is InChI=1S/C31H50N2O4/c1-2-3-4-5-6-7-8-9-10-11-12-13-14-15-16-19-27(22-24-32-26-34)23-25-37-33-30(35)28-20-17-18-21-29(28)31(33)36/h17-18,20-21,26-27H,2-16,19,22-25H2,1H3,(H,32,34). The van der Waals surface area contributed by atoms with E-state index in [0.29, 0.717) is 30.2 Å². The second-order valence-electron chi connectivity index (χ2n) is 10.5. The number of hydroxylamine groups is 2. The van der Waals surface area contributed by atoms with Gasteiger partial charge in [-0.1, -0.05) is 122 Å². The van der Waals surface area contributed by atoms with Crippen LogP contribution in [0.1, 0.15) is 143 Å². The summed E-state index contributed by atoms with van der Waals surface area (Å²) in [7, 11) is 0. The Morgan fingerprint density at radius 1 is 0.730 bits per heavy atom. The number of carbonyl (C=O) groups is 3. The number of nitrogens with zero attached hydrogens (tertiary/aromatic N) is 1. The minimum Gasteiger partial charge on any atom is -0.359 e. The van der Waals surface area contributed by atoms with Crippen molar-refractivity contribution < 1.29 is 19.2 Å². The van der Waals surface area contributed by atoms with E-state index in [4.69, 9.17) is 4.84 Å². The van der Waals surface area contributed by atoms with E-state index in [1.54, 1.807) is 24.3 Å². The highest BCUT2D eigenvalue weighted by atomic mass is 16.7. The van der Waals surface area contributed by atoms with E-state index in [9.17, 15) is 14.4 Å². The first-order valence-electron chi connectivity index (χ1n) is 15.0. The molecule has 37 heavy (non-hydrogen) atoms. The van der Waals surface area contributed by atoms with Crippen molar-refractivity contribution in [3.05, 3.63) is 35.4 Å². The Balaban J connectivity index is 1.52. The molecule has 1 heterocycles. The van der Waals surface area contributed by atoms with E-state index in [2.05, 4.69) is 12.2 Å². The first-order valence-corrected chi connectivity index (χ1v) is 15.0. The van der Waals surface area contributed by atoms with Gasteiger partial charge in [0.1, 0.15) is 0 Å². The van der Waals surface area contributed by atoms with Crippen LogP contribution in [0.15, 0.2) is 24.3 Å². The molecule has 1 aliphatic heterocycles. The second kappa shape index (κ2) is 19.8. The second-order valence-corrected chi connectivity index (χ2v) is 10.5. The Kier molecular flexibility index (Phi) is 16.6. The van der Waals surface area contributed by atoms with Crippen molar-refractivity contribution in [3.63, 3.8) is 0 Å². The maximum Gasteiger partial charge on any atom is 0.285 e. The zero-order chi connectivity index (χ0) is 26.6. The third-order valence-electron chi connectivity index (χ3n) is 7.50. The van der Waals surface area contributed by atoms with Gasteiger partial charge in [-0.05, 0) is 30.9 Å². The number of amides is 3. The van der Waals surface area contributed by atoms with Gasteiger partial charge in [0.05, 0.1) is 17.7 Å². The first-order chi connectivity index (χ1) is 18.2. The summed E-state index contributed by atoms with van der Waals surface area (Å²) in [6.07, 6.45) is 23.7. The van der Waals surface area contributed by atoms with Crippen LogP contribution < -0.4 is 5.32 Å². The van der Waals surface area contributed by atoms with E-state index in [1.807, 2.05) is 0 Å². The smallest absolute Gasteiger partial charge is 0.285 e. The van der Waals surface area contributed by atoms with Crippen molar-refractivity contribution in [1.29, 1.82) is 0 Å². The molecule has 0 spiro atoms. The average Bonchev–Trinajstić information content (AvgIpc) is 3.15. The molecule has 1 N–H and O–H groups in total. The van der Waals surface area contributed by atoms with Gasteiger partial charge in [0.25, 0.3) is 11.8 Å². The summed E-state index contributed by atoms with van der Waals surface area (Å²) in [5, 5.41) is 3.65. The summed E-state index contributed by atoms with van der Waals surface area (Å²) in [6, 6.07) is 6.81. The molecule has 2 rings (SSSR count). The SMILES string of the molecule is CCCCCCCCCCCCCCCCCC(CCNC=O)CCON1C(=O)c2ccccc2C1=O. The number of nitrogens with one attached hydrogen (secondary N) is 1. The molecule has 0 fully saturated rings. The van der Waals surface area contributed by atoms with Gasteiger partial charge < -0.3 is 5.32 Å². The van der Waals surface area contributed by atoms with Crippen LogP contribution in [0.4, 0.5) is 0 Å². The van der Waals surface area contributed by atoms with Crippen molar-refractivity contribution in [1.82, 2.24) is 10.4 Å². The van der Waals surface area contributed by atoms with Gasteiger partial charge in [0, 0.05) is 6.54 Å². The quantitative estimate of drug-likeness (QED) is 0.0874. The maximum absolute atomic E-state index is 12.5. The van der Waals surface area contributed by atoms with Crippen LogP contribution >= 0.6 is 0 Å². The summed E-state index contributed by atoms with van der Waals surface area (Å²) in [6.45, 7) is 3.23. The van der Waals surface area contributed by atoms with E-state index >= 15 is 0 Å². The molecule has 6 heteroatoms. The molecular weight excluding hydrogens is 464 g/mol. The van der Waals surface area contributed by atoms with Gasteiger partial charge >= 0.3 is 0 Å². The van der Waals surface area contributed by atoms with Gasteiger partial charge in [-0.3, -0.25) is 19.2 Å². The fourth-order valence-electron chi connectivity index (χ4n) is 5.18. The molecule has 0 saturated heterocycles. The summed E-state index contributed by atoms with van der Waals surface area (Å²) in [5.41, 5.74) is 0.800. The number of hydrogen-bond donors (Lipinski definition) is 1. The van der Waals surface area contributed by atoms with Gasteiger partial charge in [0.2, 0.25) is 6.41 Å². The van der Waals surface area contributed by atoms with Crippen LogP contribution in [-0.4, -0.2) is 36.4 Å². The third-order valence-corrected chi connectivity index (χ3v) is 7.50. The number of hydrogen-bond acceptors (Lipinski definition) is 4. The molecule has 1 aromatic rings. The largest absolute Gasteiger partial charge is 0.359 e. The number of imide groups is 1. The van der Waals surface area contributed by atoms with E-state index in [0.717, 1.165) is 37.2 Å². The Labute approximate surface area is 224 Å². The number of unbranched alkanes of at least 4 members (excludes halogenated alkanes) is 14. The molecule has 0 aromatic heterocycles. The minimum atomic E-state index is -0.387. The fourth-order valence-corrected chi connectivity index (χ4v) is 5.18. The zero-order valence-electron chi connectivity index (χ0n) is 23.2. The molecule has 0 radical (unpaired) electrons. The van der Waals surface area contributed by atoms with Crippen molar-refractivity contribution >= 4 is 18.2 Å². The monoisotopic (exact) mass is 514 g/mol. The van der Waals surface area contributed by atoms with Crippen LogP contribution in [0.25, 0.3) is 0 Å². The predicted molar refractivity (Wildman–Crippen MR) is 149 cm³/mol. The summed E-state index contributed by atoms with van der Waals surface area (Å²) < 4.78 is 0. The lowest BCUT2D eigenvalue weighted by atomic mass is 9.94. The molecule has 208 valence electrons. The molecule has 0 saturated carbocycles. The van der Waals surface area contributed by atoms with E-state index in [1.165, 1.54) is 89.9 Å². The Morgan fingerprint density at radius 2 is 1.22 bits per heavy atom. The number of rotatable bonds is 24. The number of benzene rings is 1. The van der Waals surface area contributed by atoms with Crippen LogP contribution in [0, 0.1) is 5.92 Å². The first kappa shape index (κ1) is 31.0. The van der Waals surface area contributed by atoms with Gasteiger partial charge in [0.15, 0.2) is 0 Å². The lowest BCUT2D eigenvalue weighted by Crippen LogP contribution is -2.31. The van der Waals surface area contributed by atoms with Gasteiger partial charge in [-0.15, -0.1) is 5.06 Å². The molecule has 1 aromatic carbocycles. The predicted octanol–water partition coefficient (Wildman–Crippen LogP) is 7.62. The Bertz CT molecular complexity index is 747. The van der Waals surface area contributed by atoms with Crippen molar-refractivity contribution in [2.75, 3.05) is 13.2 Å². The summed E-state index contributed by atoms with van der Waals surface area (Å²) >= 11 is 0. The molecule has 1 unspecified atom stereocenters. The Hall–Kier alpha value is -2.21. The highest BCUT2D eigenvalue weighted by Gasteiger charge is 2.36. The normalized spacial score (nSPS) is 13.7. The van der Waals surface area contributed by atoms with Crippen molar-refractivity contribution in [3.8, 4) is 0 Å². The lowest BCUT2D eigenvalue weighted by molar-refractivity contribution is -0.109. The summed E-state index contributed by atoms with van der Waals surface area (Å²) in [5.74, 6) is -0.381. The molecule has 0 bridgehead atoms.